The Morgan fingerprint density at radius 1 is 0.971 bits per heavy atom. The molecule has 0 aromatic carbocycles. The summed E-state index contributed by atoms with van der Waals surface area (Å²) in [5.41, 5.74) is 0. The zero-order valence-corrected chi connectivity index (χ0v) is 20.3. The third-order valence-electron chi connectivity index (χ3n) is 4.48. The van der Waals surface area contributed by atoms with Crippen LogP contribution < -0.4 is 5.32 Å². The van der Waals surface area contributed by atoms with Crippen molar-refractivity contribution in [1.82, 2.24) is 5.32 Å². The van der Waals surface area contributed by atoms with Gasteiger partial charge in [0, 0.05) is 41.0 Å². The first-order valence-corrected chi connectivity index (χ1v) is 10.4. The van der Waals surface area contributed by atoms with Crippen molar-refractivity contribution in [2.45, 2.75) is 76.6 Å². The van der Waals surface area contributed by atoms with Crippen LogP contribution in [0.25, 0.3) is 0 Å². The maximum absolute atomic E-state index is 12.4. The SMILES string of the molecule is COC(=O)C1(Cl)C[C@@H](OC(C)=O)[C@@H](NC(C)=O)C([C@H](OC(C)=O)[C@@H](COC(C)=O)OC(C)=O)O1. The Labute approximate surface area is 200 Å². The summed E-state index contributed by atoms with van der Waals surface area (Å²) in [7, 11) is 1.04. The van der Waals surface area contributed by atoms with Gasteiger partial charge >= 0.3 is 29.8 Å². The van der Waals surface area contributed by atoms with Crippen LogP contribution in [0.5, 0.6) is 0 Å². The van der Waals surface area contributed by atoms with Gasteiger partial charge in [0.15, 0.2) is 12.2 Å². The van der Waals surface area contributed by atoms with Crippen molar-refractivity contribution >= 4 is 47.4 Å². The molecule has 34 heavy (non-hydrogen) atoms. The molecule has 13 nitrogen and oxygen atoms in total. The number of carbonyl (C=O) groups excluding carboxylic acids is 6. The molecule has 0 saturated carbocycles. The molecule has 0 aromatic heterocycles. The predicted octanol–water partition coefficient (Wildman–Crippen LogP) is -0.254. The highest BCUT2D eigenvalue weighted by molar-refractivity contribution is 6.32. The largest absolute Gasteiger partial charge is 0.466 e. The highest BCUT2D eigenvalue weighted by atomic mass is 35.5. The molecule has 0 aromatic rings. The third-order valence-corrected chi connectivity index (χ3v) is 4.88. The van der Waals surface area contributed by atoms with Crippen molar-refractivity contribution in [3.63, 3.8) is 0 Å². The van der Waals surface area contributed by atoms with Gasteiger partial charge in [0.25, 0.3) is 0 Å². The molecule has 2 unspecified atom stereocenters. The molecule has 192 valence electrons. The van der Waals surface area contributed by atoms with Gasteiger partial charge in [-0.3, -0.25) is 24.0 Å². The van der Waals surface area contributed by atoms with Gasteiger partial charge < -0.3 is 33.7 Å². The van der Waals surface area contributed by atoms with Crippen LogP contribution in [0.2, 0.25) is 0 Å². The Bertz CT molecular complexity index is 817. The zero-order valence-electron chi connectivity index (χ0n) is 19.6. The minimum atomic E-state index is -2.24. The summed E-state index contributed by atoms with van der Waals surface area (Å²) in [5, 5.41) is 0.276. The molecule has 1 fully saturated rings. The van der Waals surface area contributed by atoms with Crippen molar-refractivity contribution in [2.75, 3.05) is 13.7 Å². The molecule has 1 heterocycles. The van der Waals surface area contributed by atoms with Crippen molar-refractivity contribution < 1.29 is 57.2 Å². The molecule has 0 aliphatic carbocycles. The van der Waals surface area contributed by atoms with Crippen molar-refractivity contribution in [3.05, 3.63) is 0 Å². The van der Waals surface area contributed by atoms with E-state index in [2.05, 4.69) is 10.1 Å². The van der Waals surface area contributed by atoms with Gasteiger partial charge in [0.05, 0.1) is 13.2 Å². The summed E-state index contributed by atoms with van der Waals surface area (Å²) < 4.78 is 31.2. The lowest BCUT2D eigenvalue weighted by Gasteiger charge is -2.46. The Morgan fingerprint density at radius 3 is 2.00 bits per heavy atom. The van der Waals surface area contributed by atoms with Crippen LogP contribution in [0.15, 0.2) is 0 Å². The van der Waals surface area contributed by atoms with Crippen molar-refractivity contribution in [2.24, 2.45) is 0 Å². The Balaban J connectivity index is 3.64. The van der Waals surface area contributed by atoms with E-state index in [1.165, 1.54) is 0 Å². The summed E-state index contributed by atoms with van der Waals surface area (Å²) in [6, 6.07) is -1.24. The van der Waals surface area contributed by atoms with Gasteiger partial charge in [0.2, 0.25) is 11.0 Å². The Hall–Kier alpha value is -2.93. The first kappa shape index (κ1) is 29.1. The average molecular weight is 510 g/mol. The van der Waals surface area contributed by atoms with Crippen molar-refractivity contribution in [1.29, 1.82) is 0 Å². The standard InChI is InChI=1S/C20H28ClNO12/c1-9(23)22-16-14(31-11(3)25)7-20(21,19(28)29-6)34-18(16)17(33-13(5)27)15(32-12(4)26)8-30-10(2)24/h14-18H,7-8H2,1-6H3,(H,22,23)/t14-,15-,16-,17-,18?,20?/m1/s1. The number of esters is 5. The fourth-order valence-corrected chi connectivity index (χ4v) is 3.71. The molecule has 1 aliphatic rings. The predicted molar refractivity (Wildman–Crippen MR) is 111 cm³/mol. The number of alkyl halides is 1. The highest BCUT2D eigenvalue weighted by Crippen LogP contribution is 2.38. The average Bonchev–Trinajstić information content (AvgIpc) is 2.69. The van der Waals surface area contributed by atoms with Gasteiger partial charge in [-0.1, -0.05) is 11.6 Å². The molecule has 1 aliphatic heterocycles. The van der Waals surface area contributed by atoms with Crippen molar-refractivity contribution in [3.8, 4) is 0 Å². The fraction of sp³-hybridized carbons (Fsp3) is 0.700. The topological polar surface area (TPSA) is 170 Å². The van der Waals surface area contributed by atoms with Crippen LogP contribution in [0.3, 0.4) is 0 Å². The summed E-state index contributed by atoms with van der Waals surface area (Å²) in [4.78, 5) is 71.2. The van der Waals surface area contributed by atoms with Gasteiger partial charge in [-0.25, -0.2) is 4.79 Å². The molecule has 1 amide bonds. The first-order chi connectivity index (χ1) is 15.7. The van der Waals surface area contributed by atoms with Crippen LogP contribution >= 0.6 is 11.6 Å². The first-order valence-electron chi connectivity index (χ1n) is 10.1. The molecule has 14 heteroatoms. The number of rotatable bonds is 9. The normalized spacial score (nSPS) is 25.7. The molecular formula is C20H28ClNO12. The lowest BCUT2D eigenvalue weighted by Crippen LogP contribution is -2.67. The number of ether oxygens (including phenoxy) is 6. The van der Waals surface area contributed by atoms with Gasteiger partial charge in [0.1, 0.15) is 18.8 Å². The lowest BCUT2D eigenvalue weighted by molar-refractivity contribution is -0.225. The van der Waals surface area contributed by atoms with Gasteiger partial charge in [-0.05, 0) is 0 Å². The van der Waals surface area contributed by atoms with Crippen LogP contribution in [0.1, 0.15) is 41.0 Å². The molecular weight excluding hydrogens is 482 g/mol. The monoisotopic (exact) mass is 509 g/mol. The fourth-order valence-electron chi connectivity index (χ4n) is 3.38. The van der Waals surface area contributed by atoms with E-state index in [4.69, 9.17) is 35.3 Å². The summed E-state index contributed by atoms with van der Waals surface area (Å²) in [6.45, 7) is 4.87. The number of methoxy groups -OCH3 is 1. The highest BCUT2D eigenvalue weighted by Gasteiger charge is 2.57. The number of carbonyl (C=O) groups is 6. The second-order valence-corrected chi connectivity index (χ2v) is 8.02. The van der Waals surface area contributed by atoms with E-state index in [-0.39, 0.29) is 0 Å². The van der Waals surface area contributed by atoms with Crippen LogP contribution in [-0.4, -0.2) is 85.0 Å². The number of hydrogen-bond donors (Lipinski definition) is 1. The molecule has 0 bridgehead atoms. The van der Waals surface area contributed by atoms with E-state index in [1.54, 1.807) is 0 Å². The number of nitrogens with one attached hydrogen (secondary N) is 1. The van der Waals surface area contributed by atoms with E-state index < -0.39 is 84.3 Å². The number of amides is 1. The zero-order chi connectivity index (χ0) is 26.2. The minimum absolute atomic E-state index is 0.447. The molecule has 0 spiro atoms. The molecule has 0 radical (unpaired) electrons. The third kappa shape index (κ3) is 8.45. The maximum atomic E-state index is 12.4. The smallest absolute Gasteiger partial charge is 0.354 e. The van der Waals surface area contributed by atoms with E-state index in [9.17, 15) is 28.8 Å². The lowest BCUT2D eigenvalue weighted by atomic mass is 9.89. The van der Waals surface area contributed by atoms with Gasteiger partial charge in [-0.15, -0.1) is 0 Å². The second kappa shape index (κ2) is 12.5. The van der Waals surface area contributed by atoms with E-state index >= 15 is 0 Å². The summed E-state index contributed by atoms with van der Waals surface area (Å²) >= 11 is 6.38. The second-order valence-electron chi connectivity index (χ2n) is 7.41. The quantitative estimate of drug-likeness (QED) is 0.246. The molecule has 1 rings (SSSR count). The maximum Gasteiger partial charge on any atom is 0.354 e. The van der Waals surface area contributed by atoms with Crippen LogP contribution in [0.4, 0.5) is 0 Å². The minimum Gasteiger partial charge on any atom is -0.466 e. The van der Waals surface area contributed by atoms with E-state index in [0.29, 0.717) is 0 Å². The van der Waals surface area contributed by atoms with Crippen LogP contribution in [-0.2, 0) is 57.2 Å². The molecule has 6 atom stereocenters. The molecule has 1 saturated heterocycles. The summed E-state index contributed by atoms with van der Waals surface area (Å²) in [6.07, 6.45) is -6.29. The number of halogens is 1. The summed E-state index contributed by atoms with van der Waals surface area (Å²) in [5.74, 6) is -4.87. The van der Waals surface area contributed by atoms with E-state index in [0.717, 1.165) is 41.7 Å². The van der Waals surface area contributed by atoms with Crippen LogP contribution in [0, 0.1) is 0 Å². The van der Waals surface area contributed by atoms with Gasteiger partial charge in [-0.2, -0.15) is 0 Å². The molecule has 1 N–H and O–H groups in total. The number of hydrogen-bond acceptors (Lipinski definition) is 12. The Kier molecular flexibility index (Phi) is 10.7. The Morgan fingerprint density at radius 2 is 1.56 bits per heavy atom. The van der Waals surface area contributed by atoms with E-state index in [1.807, 2.05) is 0 Å².